The SMILES string of the molecule is CC1(C)c2ccccc2-c2cc(-c3nc(-c4cc(-c5ccccc5)cc(-c5ccccn5)c4)nc(-c4ccc5c(c4)-c4ccccc4C5(C)C)n3)ccc21. The summed E-state index contributed by atoms with van der Waals surface area (Å²) in [5, 5.41) is 0. The minimum Gasteiger partial charge on any atom is -0.256 e. The Kier molecular flexibility index (Phi) is 7.15. The molecule has 2 aromatic heterocycles. The van der Waals surface area contributed by atoms with Crippen LogP contribution in [0.3, 0.4) is 0 Å². The highest BCUT2D eigenvalue weighted by molar-refractivity contribution is 5.86. The van der Waals surface area contributed by atoms with Crippen molar-refractivity contribution >= 4 is 0 Å². The fraction of sp³-hybridized carbons (Fsp3) is 0.120. The molecule has 0 amide bonds. The van der Waals surface area contributed by atoms with Gasteiger partial charge < -0.3 is 0 Å². The molecule has 258 valence electrons. The van der Waals surface area contributed by atoms with Crippen molar-refractivity contribution in [3.05, 3.63) is 180 Å². The lowest BCUT2D eigenvalue weighted by atomic mass is 9.82. The van der Waals surface area contributed by atoms with Crippen molar-refractivity contribution in [3.8, 4) is 78.8 Å². The minimum atomic E-state index is -0.0892. The smallest absolute Gasteiger partial charge is 0.164 e. The molecule has 4 nitrogen and oxygen atoms in total. The van der Waals surface area contributed by atoms with E-state index in [9.17, 15) is 0 Å². The van der Waals surface area contributed by atoms with E-state index in [1.54, 1.807) is 0 Å². The van der Waals surface area contributed by atoms with Gasteiger partial charge in [-0.05, 0) is 98.1 Å². The van der Waals surface area contributed by atoms with Gasteiger partial charge in [0.2, 0.25) is 0 Å². The van der Waals surface area contributed by atoms with Gasteiger partial charge in [-0.3, -0.25) is 4.98 Å². The Labute approximate surface area is 316 Å². The van der Waals surface area contributed by atoms with Crippen LogP contribution in [-0.2, 0) is 10.8 Å². The van der Waals surface area contributed by atoms with Gasteiger partial charge in [-0.15, -0.1) is 0 Å². The molecule has 8 aromatic rings. The van der Waals surface area contributed by atoms with Crippen LogP contribution in [0.2, 0.25) is 0 Å². The van der Waals surface area contributed by atoms with Crippen molar-refractivity contribution in [3.63, 3.8) is 0 Å². The van der Waals surface area contributed by atoms with Crippen LogP contribution >= 0.6 is 0 Å². The Morgan fingerprint density at radius 1 is 0.333 bits per heavy atom. The average Bonchev–Trinajstić information content (AvgIpc) is 3.60. The second kappa shape index (κ2) is 12.0. The topological polar surface area (TPSA) is 51.6 Å². The Bertz CT molecular complexity index is 2580. The third kappa shape index (κ3) is 5.05. The van der Waals surface area contributed by atoms with E-state index in [0.29, 0.717) is 17.5 Å². The van der Waals surface area contributed by atoms with Crippen LogP contribution in [0, 0.1) is 0 Å². The molecule has 0 saturated heterocycles. The molecule has 0 radical (unpaired) electrons. The van der Waals surface area contributed by atoms with Crippen molar-refractivity contribution in [2.75, 3.05) is 0 Å². The number of fused-ring (bicyclic) bond motifs is 6. The van der Waals surface area contributed by atoms with Crippen LogP contribution in [0.5, 0.6) is 0 Å². The summed E-state index contributed by atoms with van der Waals surface area (Å²) in [6.45, 7) is 9.23. The molecule has 0 bridgehead atoms. The van der Waals surface area contributed by atoms with E-state index >= 15 is 0 Å². The van der Waals surface area contributed by atoms with Gasteiger partial charge in [0.25, 0.3) is 0 Å². The molecule has 6 aromatic carbocycles. The number of hydrogen-bond acceptors (Lipinski definition) is 4. The maximum absolute atomic E-state index is 5.28. The predicted octanol–water partition coefficient (Wildman–Crippen LogP) is 12.2. The first kappa shape index (κ1) is 32.2. The molecule has 0 aliphatic heterocycles. The zero-order chi connectivity index (χ0) is 36.6. The van der Waals surface area contributed by atoms with Gasteiger partial charge in [0, 0.05) is 39.3 Å². The lowest BCUT2D eigenvalue weighted by molar-refractivity contribution is 0.660. The Balaban J connectivity index is 1.20. The number of aromatic nitrogens is 4. The number of rotatable bonds is 5. The first-order chi connectivity index (χ1) is 26.3. The third-order valence-electron chi connectivity index (χ3n) is 11.6. The lowest BCUT2D eigenvalue weighted by Gasteiger charge is -2.21. The summed E-state index contributed by atoms with van der Waals surface area (Å²) >= 11 is 0. The summed E-state index contributed by atoms with van der Waals surface area (Å²) in [4.78, 5) is 20.5. The molecule has 0 saturated carbocycles. The zero-order valence-electron chi connectivity index (χ0n) is 30.8. The molecule has 0 N–H and O–H groups in total. The van der Waals surface area contributed by atoms with Gasteiger partial charge in [-0.1, -0.05) is 137 Å². The van der Waals surface area contributed by atoms with Crippen molar-refractivity contribution in [2.45, 2.75) is 38.5 Å². The van der Waals surface area contributed by atoms with E-state index in [1.807, 2.05) is 30.5 Å². The molecule has 10 rings (SSSR count). The van der Waals surface area contributed by atoms with E-state index < -0.39 is 0 Å². The number of pyridine rings is 1. The summed E-state index contributed by atoms with van der Waals surface area (Å²) in [5.74, 6) is 1.91. The van der Waals surface area contributed by atoms with Gasteiger partial charge in [0.1, 0.15) is 0 Å². The second-order valence-corrected chi connectivity index (χ2v) is 15.5. The second-order valence-electron chi connectivity index (χ2n) is 15.5. The highest BCUT2D eigenvalue weighted by atomic mass is 15.0. The van der Waals surface area contributed by atoms with Crippen molar-refractivity contribution in [2.24, 2.45) is 0 Å². The van der Waals surface area contributed by atoms with E-state index in [2.05, 4.69) is 155 Å². The van der Waals surface area contributed by atoms with Crippen LogP contribution in [0.15, 0.2) is 158 Å². The van der Waals surface area contributed by atoms with Gasteiger partial charge in [0.15, 0.2) is 17.5 Å². The van der Waals surface area contributed by atoms with E-state index in [4.69, 9.17) is 19.9 Å². The van der Waals surface area contributed by atoms with Gasteiger partial charge in [0.05, 0.1) is 5.69 Å². The Morgan fingerprint density at radius 3 is 1.35 bits per heavy atom. The summed E-state index contributed by atoms with van der Waals surface area (Å²) < 4.78 is 0. The highest BCUT2D eigenvalue weighted by Crippen LogP contribution is 2.51. The third-order valence-corrected chi connectivity index (χ3v) is 11.6. The molecule has 0 atom stereocenters. The predicted molar refractivity (Wildman–Crippen MR) is 220 cm³/mol. The minimum absolute atomic E-state index is 0.0892. The van der Waals surface area contributed by atoms with Crippen molar-refractivity contribution in [1.82, 2.24) is 19.9 Å². The van der Waals surface area contributed by atoms with E-state index in [-0.39, 0.29) is 10.8 Å². The summed E-state index contributed by atoms with van der Waals surface area (Å²) in [6, 6.07) is 53.9. The molecular weight excluding hydrogens is 657 g/mol. The van der Waals surface area contributed by atoms with Crippen LogP contribution in [0.25, 0.3) is 78.8 Å². The van der Waals surface area contributed by atoms with Crippen molar-refractivity contribution < 1.29 is 0 Å². The van der Waals surface area contributed by atoms with Crippen molar-refractivity contribution in [1.29, 1.82) is 0 Å². The first-order valence-electron chi connectivity index (χ1n) is 18.6. The number of hydrogen-bond donors (Lipinski definition) is 0. The standard InChI is InChI=1S/C50H38N4/c1-49(2)41-18-10-8-16-37(41)39-29-32(21-23-43(39)49)46-52-47(33-22-24-44-40(30-33)38-17-9-11-19-42(38)50(44,3)4)54-48(53-46)36-27-34(31-14-6-5-7-15-31)26-35(28-36)45-20-12-13-25-51-45/h5-30H,1-4H3. The Morgan fingerprint density at radius 2 is 0.796 bits per heavy atom. The molecule has 0 unspecified atom stereocenters. The van der Waals surface area contributed by atoms with E-state index in [1.165, 1.54) is 44.5 Å². The van der Waals surface area contributed by atoms with Gasteiger partial charge in [-0.25, -0.2) is 15.0 Å². The molecular formula is C50H38N4. The number of benzene rings is 6. The van der Waals surface area contributed by atoms with E-state index in [0.717, 1.165) is 39.1 Å². The monoisotopic (exact) mass is 694 g/mol. The van der Waals surface area contributed by atoms with Gasteiger partial charge in [-0.2, -0.15) is 0 Å². The van der Waals surface area contributed by atoms with Crippen LogP contribution in [0.1, 0.15) is 49.9 Å². The van der Waals surface area contributed by atoms with Crippen LogP contribution in [-0.4, -0.2) is 19.9 Å². The first-order valence-corrected chi connectivity index (χ1v) is 18.6. The molecule has 2 aliphatic rings. The summed E-state index contributed by atoms with van der Waals surface area (Å²) in [5.41, 5.74) is 17.1. The largest absolute Gasteiger partial charge is 0.256 e. The fourth-order valence-electron chi connectivity index (χ4n) is 8.72. The Hall–Kier alpha value is -6.52. The molecule has 2 heterocycles. The summed E-state index contributed by atoms with van der Waals surface area (Å²) in [7, 11) is 0. The van der Waals surface area contributed by atoms with Crippen LogP contribution < -0.4 is 0 Å². The molecule has 4 heteroatoms. The molecule has 2 aliphatic carbocycles. The zero-order valence-corrected chi connectivity index (χ0v) is 30.8. The fourth-order valence-corrected chi connectivity index (χ4v) is 8.72. The maximum Gasteiger partial charge on any atom is 0.164 e. The quantitative estimate of drug-likeness (QED) is 0.180. The normalized spacial score (nSPS) is 14.2. The average molecular weight is 695 g/mol. The molecule has 0 fully saturated rings. The lowest BCUT2D eigenvalue weighted by Crippen LogP contribution is -2.14. The number of nitrogens with zero attached hydrogens (tertiary/aromatic N) is 4. The highest BCUT2D eigenvalue weighted by Gasteiger charge is 2.36. The molecule has 54 heavy (non-hydrogen) atoms. The van der Waals surface area contributed by atoms with Gasteiger partial charge >= 0.3 is 0 Å². The summed E-state index contributed by atoms with van der Waals surface area (Å²) in [6.07, 6.45) is 1.84. The molecule has 0 spiro atoms. The van der Waals surface area contributed by atoms with Crippen LogP contribution in [0.4, 0.5) is 0 Å². The maximum atomic E-state index is 5.28.